The van der Waals surface area contributed by atoms with Gasteiger partial charge in [0, 0.05) is 28.5 Å². The molecule has 12 rings (SSSR count). The van der Waals surface area contributed by atoms with Gasteiger partial charge in [-0.25, -0.2) is 15.0 Å². The van der Waals surface area contributed by atoms with Crippen molar-refractivity contribution in [2.75, 3.05) is 0 Å². The summed E-state index contributed by atoms with van der Waals surface area (Å²) in [5, 5.41) is 4.53. The highest BCUT2D eigenvalue weighted by Gasteiger charge is 2.48. The Kier molecular flexibility index (Phi) is 8.72. The summed E-state index contributed by atoms with van der Waals surface area (Å²) in [6, 6.07) is 82.2. The fraction of sp³-hybridized carbons (Fsp3) is 0.0167. The van der Waals surface area contributed by atoms with E-state index in [1.807, 2.05) is 6.07 Å². The van der Waals surface area contributed by atoms with Crippen LogP contribution in [0.2, 0.25) is 0 Å². The Morgan fingerprint density at radius 1 is 0.317 bits per heavy atom. The average Bonchev–Trinajstić information content (AvgIpc) is 3.67. The van der Waals surface area contributed by atoms with E-state index in [1.54, 1.807) is 0 Å². The van der Waals surface area contributed by atoms with Gasteiger partial charge in [-0.1, -0.05) is 218 Å². The van der Waals surface area contributed by atoms with E-state index in [2.05, 4.69) is 231 Å². The van der Waals surface area contributed by atoms with Crippen LogP contribution in [0.25, 0.3) is 88.8 Å². The van der Waals surface area contributed by atoms with E-state index in [0.717, 1.165) is 77.6 Å². The zero-order valence-corrected chi connectivity index (χ0v) is 34.4. The smallest absolute Gasteiger partial charge is 0.160 e. The molecule has 11 aromatic rings. The molecule has 2 heterocycles. The van der Waals surface area contributed by atoms with E-state index in [0.29, 0.717) is 5.82 Å². The molecule has 1 aliphatic carbocycles. The number of hydrogen-bond acceptors (Lipinski definition) is 3. The zero-order valence-electron chi connectivity index (χ0n) is 34.4. The van der Waals surface area contributed by atoms with Crippen LogP contribution in [-0.4, -0.2) is 15.0 Å². The molecule has 0 N–H and O–H groups in total. The van der Waals surface area contributed by atoms with E-state index in [4.69, 9.17) is 15.0 Å². The van der Waals surface area contributed by atoms with Gasteiger partial charge in [-0.3, -0.25) is 0 Å². The van der Waals surface area contributed by atoms with Gasteiger partial charge in [0.2, 0.25) is 0 Å². The van der Waals surface area contributed by atoms with Gasteiger partial charge in [-0.05, 0) is 78.2 Å². The van der Waals surface area contributed by atoms with Gasteiger partial charge in [-0.2, -0.15) is 0 Å². The number of aromatic nitrogens is 3. The molecule has 0 radical (unpaired) electrons. The van der Waals surface area contributed by atoms with Crippen LogP contribution >= 0.6 is 0 Å². The minimum absolute atomic E-state index is 0.628. The van der Waals surface area contributed by atoms with Crippen molar-refractivity contribution < 1.29 is 0 Å². The van der Waals surface area contributed by atoms with E-state index >= 15 is 0 Å². The molecule has 0 aliphatic heterocycles. The molecule has 63 heavy (non-hydrogen) atoms. The van der Waals surface area contributed by atoms with Crippen molar-refractivity contribution in [3.63, 3.8) is 0 Å². The second kappa shape index (κ2) is 15.0. The normalized spacial score (nSPS) is 12.6. The first-order chi connectivity index (χ1) is 31.3. The number of hydrogen-bond donors (Lipinski definition) is 0. The van der Waals surface area contributed by atoms with Crippen LogP contribution in [0.4, 0.5) is 0 Å². The first-order valence-electron chi connectivity index (χ1n) is 21.5. The lowest BCUT2D eigenvalue weighted by atomic mass is 9.69. The third-order valence-electron chi connectivity index (χ3n) is 12.8. The van der Waals surface area contributed by atoms with Crippen LogP contribution < -0.4 is 0 Å². The van der Waals surface area contributed by atoms with Gasteiger partial charge in [0.15, 0.2) is 5.82 Å². The Balaban J connectivity index is 1.04. The van der Waals surface area contributed by atoms with E-state index in [1.165, 1.54) is 27.8 Å². The third-order valence-corrected chi connectivity index (χ3v) is 12.8. The molecule has 2 aromatic heterocycles. The van der Waals surface area contributed by atoms with Crippen LogP contribution in [0.5, 0.6) is 0 Å². The van der Waals surface area contributed by atoms with Crippen molar-refractivity contribution in [1.82, 2.24) is 15.0 Å². The van der Waals surface area contributed by atoms with E-state index in [-0.39, 0.29) is 0 Å². The molecule has 9 aromatic carbocycles. The first-order valence-corrected chi connectivity index (χ1v) is 21.5. The van der Waals surface area contributed by atoms with Gasteiger partial charge in [0.25, 0.3) is 0 Å². The van der Waals surface area contributed by atoms with Gasteiger partial charge in [0.05, 0.1) is 22.5 Å². The largest absolute Gasteiger partial charge is 0.248 e. The maximum Gasteiger partial charge on any atom is 0.160 e. The Bertz CT molecular complexity index is 3320. The molecule has 0 atom stereocenters. The third kappa shape index (κ3) is 5.93. The minimum atomic E-state index is -0.628. The van der Waals surface area contributed by atoms with E-state index in [9.17, 15) is 0 Å². The highest BCUT2D eigenvalue weighted by atomic mass is 14.9. The predicted octanol–water partition coefficient (Wildman–Crippen LogP) is 14.9. The maximum atomic E-state index is 5.73. The van der Waals surface area contributed by atoms with Crippen molar-refractivity contribution in [3.05, 3.63) is 259 Å². The van der Waals surface area contributed by atoms with Crippen LogP contribution in [0, 0.1) is 0 Å². The highest BCUT2D eigenvalue weighted by molar-refractivity contribution is 6.20. The molecule has 294 valence electrons. The summed E-state index contributed by atoms with van der Waals surface area (Å²) in [4.78, 5) is 16.2. The van der Waals surface area contributed by atoms with Crippen molar-refractivity contribution in [2.45, 2.75) is 5.41 Å². The summed E-state index contributed by atoms with van der Waals surface area (Å²) < 4.78 is 0. The number of benzene rings is 9. The number of nitrogens with zero attached hydrogens (tertiary/aromatic N) is 3. The lowest BCUT2D eigenvalue weighted by Crippen LogP contribution is -2.29. The van der Waals surface area contributed by atoms with Gasteiger partial charge in [-0.15, -0.1) is 0 Å². The molecule has 0 saturated carbocycles. The molecule has 0 spiro atoms. The maximum absolute atomic E-state index is 5.73. The molecule has 0 unspecified atom stereocenters. The molecule has 0 saturated heterocycles. The Hall–Kier alpha value is -8.27. The highest BCUT2D eigenvalue weighted by Crippen LogP contribution is 2.56. The fourth-order valence-electron chi connectivity index (χ4n) is 10.0. The lowest BCUT2D eigenvalue weighted by Gasteiger charge is -2.32. The SMILES string of the molecule is c1ccc(-c2cc(-c3ccccc3)nc(-c3ccc(-c4c5ccccc5c(-c5ncc6c(n5)C(c5ccccc5)(c5ccccc5)c5ccccc5-6)c5ccccc45)cc3)c2)cc1. The van der Waals surface area contributed by atoms with Crippen LogP contribution in [0.15, 0.2) is 237 Å². The van der Waals surface area contributed by atoms with Gasteiger partial charge < -0.3 is 0 Å². The van der Waals surface area contributed by atoms with Crippen molar-refractivity contribution in [2.24, 2.45) is 0 Å². The van der Waals surface area contributed by atoms with Crippen LogP contribution in [-0.2, 0) is 5.41 Å². The molecule has 3 heteroatoms. The molecule has 0 bridgehead atoms. The Labute approximate surface area is 366 Å². The second-order valence-corrected chi connectivity index (χ2v) is 16.3. The molecule has 3 nitrogen and oxygen atoms in total. The molecule has 1 aliphatic rings. The van der Waals surface area contributed by atoms with Crippen molar-refractivity contribution in [3.8, 4) is 67.3 Å². The summed E-state index contributed by atoms with van der Waals surface area (Å²) in [7, 11) is 0. The summed E-state index contributed by atoms with van der Waals surface area (Å²) in [6.45, 7) is 0. The van der Waals surface area contributed by atoms with Crippen molar-refractivity contribution >= 4 is 21.5 Å². The number of rotatable bonds is 7. The van der Waals surface area contributed by atoms with Gasteiger partial charge >= 0.3 is 0 Å². The minimum Gasteiger partial charge on any atom is -0.248 e. The van der Waals surface area contributed by atoms with Crippen LogP contribution in [0.1, 0.15) is 22.4 Å². The molecule has 0 amide bonds. The topological polar surface area (TPSA) is 38.7 Å². The quantitative estimate of drug-likeness (QED) is 0.151. The second-order valence-electron chi connectivity index (χ2n) is 16.3. The fourth-order valence-corrected chi connectivity index (χ4v) is 10.0. The van der Waals surface area contributed by atoms with Crippen molar-refractivity contribution in [1.29, 1.82) is 0 Å². The first kappa shape index (κ1) is 36.6. The number of fused-ring (bicyclic) bond motifs is 5. The summed E-state index contributed by atoms with van der Waals surface area (Å²) in [6.07, 6.45) is 2.06. The zero-order chi connectivity index (χ0) is 41.7. The standard InChI is InChI=1S/C60H39N3/c1-5-19-40(20-6-1)44-37-54(41-21-7-2-8-22-41)62-55(38-44)42-33-35-43(36-34-42)56-48-28-13-15-30-50(48)57(51-31-16-14-29-49(51)56)59-61-39-52-47-27-17-18-32-53(47)60(58(52)63-59,45-23-9-3-10-24-45)46-25-11-4-12-26-46/h1-39H. The molecular formula is C60H39N3. The lowest BCUT2D eigenvalue weighted by molar-refractivity contribution is 0.736. The summed E-state index contributed by atoms with van der Waals surface area (Å²) in [5.74, 6) is 0.714. The summed E-state index contributed by atoms with van der Waals surface area (Å²) in [5.41, 5.74) is 15.9. The Morgan fingerprint density at radius 3 is 1.33 bits per heavy atom. The summed E-state index contributed by atoms with van der Waals surface area (Å²) >= 11 is 0. The number of pyridine rings is 1. The van der Waals surface area contributed by atoms with Gasteiger partial charge in [0.1, 0.15) is 0 Å². The predicted molar refractivity (Wildman–Crippen MR) is 259 cm³/mol. The average molecular weight is 802 g/mol. The molecule has 0 fully saturated rings. The van der Waals surface area contributed by atoms with Crippen LogP contribution in [0.3, 0.4) is 0 Å². The Morgan fingerprint density at radius 2 is 0.762 bits per heavy atom. The molecular weight excluding hydrogens is 763 g/mol. The monoisotopic (exact) mass is 801 g/mol. The van der Waals surface area contributed by atoms with E-state index < -0.39 is 5.41 Å².